The highest BCUT2D eigenvalue weighted by molar-refractivity contribution is 5.80. The van der Waals surface area contributed by atoms with E-state index in [4.69, 9.17) is 4.74 Å². The first-order chi connectivity index (χ1) is 4.70. The van der Waals surface area contributed by atoms with E-state index in [1.54, 1.807) is 13.2 Å². The zero-order valence-corrected chi connectivity index (χ0v) is 6.39. The van der Waals surface area contributed by atoms with Crippen molar-refractivity contribution in [2.75, 3.05) is 0 Å². The first-order valence-electron chi connectivity index (χ1n) is 3.51. The lowest BCUT2D eigenvalue weighted by atomic mass is 10.1. The molecule has 0 spiro atoms. The minimum absolute atomic E-state index is 0.128. The fourth-order valence-corrected chi connectivity index (χ4v) is 0.983. The molecule has 0 aliphatic carbocycles. The third-order valence-corrected chi connectivity index (χ3v) is 1.69. The van der Waals surface area contributed by atoms with Crippen LogP contribution >= 0.6 is 0 Å². The van der Waals surface area contributed by atoms with Crippen molar-refractivity contribution in [2.45, 2.75) is 32.8 Å². The van der Waals surface area contributed by atoms with E-state index in [0.717, 1.165) is 12.8 Å². The zero-order chi connectivity index (χ0) is 7.56. The summed E-state index contributed by atoms with van der Waals surface area (Å²) >= 11 is 0. The Bertz CT molecular complexity index is 170. The summed E-state index contributed by atoms with van der Waals surface area (Å²) in [6.07, 6.45) is 3.35. The second-order valence-corrected chi connectivity index (χ2v) is 2.74. The number of rotatable bonds is 1. The molecule has 0 saturated heterocycles. The molecule has 0 saturated carbocycles. The number of carbonyl (C=O) groups excluding carboxylic acids is 1. The molecule has 0 amide bonds. The Morgan fingerprint density at radius 2 is 2.50 bits per heavy atom. The molecule has 0 fully saturated rings. The van der Waals surface area contributed by atoms with Crippen LogP contribution in [0.5, 0.6) is 0 Å². The van der Waals surface area contributed by atoms with Gasteiger partial charge in [-0.2, -0.15) is 0 Å². The molecule has 2 heteroatoms. The van der Waals surface area contributed by atoms with Gasteiger partial charge in [-0.15, -0.1) is 0 Å². The van der Waals surface area contributed by atoms with Crippen LogP contribution in [0.1, 0.15) is 26.7 Å². The van der Waals surface area contributed by atoms with Gasteiger partial charge in [-0.3, -0.25) is 4.79 Å². The molecule has 0 radical (unpaired) electrons. The zero-order valence-electron chi connectivity index (χ0n) is 6.39. The average molecular weight is 140 g/mol. The number of ketones is 1. The summed E-state index contributed by atoms with van der Waals surface area (Å²) in [6, 6.07) is 0. The molecule has 1 heterocycles. The normalized spacial score (nSPS) is 25.0. The Morgan fingerprint density at radius 3 is 2.90 bits per heavy atom. The third kappa shape index (κ3) is 1.59. The van der Waals surface area contributed by atoms with Crippen LogP contribution in [-0.2, 0) is 9.53 Å². The standard InChI is InChI=1S/C8H12O2/c1-6-3-4-8(7(2)9)10-5-6/h5,8H,3-4H2,1-2H3. The number of ether oxygens (including phenoxy) is 1. The van der Waals surface area contributed by atoms with Crippen molar-refractivity contribution in [3.05, 3.63) is 11.8 Å². The number of Topliss-reactive ketones (excluding diaryl/α,β-unsaturated/α-hetero) is 1. The van der Waals surface area contributed by atoms with Crippen LogP contribution in [-0.4, -0.2) is 11.9 Å². The Hall–Kier alpha value is -0.790. The predicted molar refractivity (Wildman–Crippen MR) is 38.5 cm³/mol. The molecule has 2 nitrogen and oxygen atoms in total. The average Bonchev–Trinajstić information content (AvgIpc) is 1.88. The van der Waals surface area contributed by atoms with Gasteiger partial charge in [0.1, 0.15) is 0 Å². The number of hydrogen-bond donors (Lipinski definition) is 0. The highest BCUT2D eigenvalue weighted by Crippen LogP contribution is 2.16. The van der Waals surface area contributed by atoms with Gasteiger partial charge < -0.3 is 4.74 Å². The second kappa shape index (κ2) is 2.86. The maximum absolute atomic E-state index is 10.8. The Labute approximate surface area is 60.9 Å². The van der Waals surface area contributed by atoms with Crippen molar-refractivity contribution in [1.29, 1.82) is 0 Å². The smallest absolute Gasteiger partial charge is 0.170 e. The molecule has 56 valence electrons. The summed E-state index contributed by atoms with van der Waals surface area (Å²) < 4.78 is 5.14. The summed E-state index contributed by atoms with van der Waals surface area (Å²) in [5.41, 5.74) is 1.22. The summed E-state index contributed by atoms with van der Waals surface area (Å²) in [4.78, 5) is 10.8. The van der Waals surface area contributed by atoms with E-state index in [-0.39, 0.29) is 11.9 Å². The van der Waals surface area contributed by atoms with Crippen molar-refractivity contribution in [1.82, 2.24) is 0 Å². The second-order valence-electron chi connectivity index (χ2n) is 2.74. The number of carbonyl (C=O) groups is 1. The van der Waals surface area contributed by atoms with Crippen molar-refractivity contribution in [3.63, 3.8) is 0 Å². The minimum atomic E-state index is -0.177. The lowest BCUT2D eigenvalue weighted by Crippen LogP contribution is -2.22. The van der Waals surface area contributed by atoms with Gasteiger partial charge in [-0.25, -0.2) is 0 Å². The first kappa shape index (κ1) is 7.32. The van der Waals surface area contributed by atoms with Crippen LogP contribution < -0.4 is 0 Å². The molecule has 0 aromatic carbocycles. The van der Waals surface area contributed by atoms with E-state index in [1.165, 1.54) is 5.57 Å². The first-order valence-corrected chi connectivity index (χ1v) is 3.51. The summed E-state index contributed by atoms with van der Waals surface area (Å²) in [5.74, 6) is 0.128. The topological polar surface area (TPSA) is 26.3 Å². The lowest BCUT2D eigenvalue weighted by molar-refractivity contribution is -0.126. The SMILES string of the molecule is CC(=O)C1CCC(C)=CO1. The number of allylic oxidation sites excluding steroid dienone is 1. The summed E-state index contributed by atoms with van der Waals surface area (Å²) in [6.45, 7) is 3.58. The van der Waals surface area contributed by atoms with Gasteiger partial charge in [0, 0.05) is 0 Å². The lowest BCUT2D eigenvalue weighted by Gasteiger charge is -2.18. The van der Waals surface area contributed by atoms with Crippen LogP contribution in [0, 0.1) is 0 Å². The summed E-state index contributed by atoms with van der Waals surface area (Å²) in [5, 5.41) is 0. The van der Waals surface area contributed by atoms with Gasteiger partial charge in [0.25, 0.3) is 0 Å². The molecule has 0 aromatic rings. The molecule has 1 rings (SSSR count). The molecule has 0 N–H and O–H groups in total. The molecule has 0 bridgehead atoms. The molecule has 10 heavy (non-hydrogen) atoms. The minimum Gasteiger partial charge on any atom is -0.490 e. The van der Waals surface area contributed by atoms with Crippen molar-refractivity contribution in [2.24, 2.45) is 0 Å². The van der Waals surface area contributed by atoms with E-state index in [1.807, 2.05) is 6.92 Å². The Kier molecular flexibility index (Phi) is 2.10. The van der Waals surface area contributed by atoms with E-state index in [2.05, 4.69) is 0 Å². The molecular weight excluding hydrogens is 128 g/mol. The summed E-state index contributed by atoms with van der Waals surface area (Å²) in [7, 11) is 0. The maximum atomic E-state index is 10.8. The predicted octanol–water partition coefficient (Wildman–Crippen LogP) is 1.66. The highest BCUT2D eigenvalue weighted by atomic mass is 16.5. The molecular formula is C8H12O2. The van der Waals surface area contributed by atoms with E-state index in [0.29, 0.717) is 0 Å². The van der Waals surface area contributed by atoms with Gasteiger partial charge >= 0.3 is 0 Å². The van der Waals surface area contributed by atoms with Crippen molar-refractivity contribution >= 4 is 5.78 Å². The van der Waals surface area contributed by atoms with Crippen LogP contribution in [0.15, 0.2) is 11.8 Å². The van der Waals surface area contributed by atoms with Gasteiger partial charge in [0.2, 0.25) is 0 Å². The Balaban J connectivity index is 2.50. The Morgan fingerprint density at radius 1 is 1.80 bits per heavy atom. The molecule has 1 aliphatic heterocycles. The highest BCUT2D eigenvalue weighted by Gasteiger charge is 2.17. The van der Waals surface area contributed by atoms with Gasteiger partial charge in [-0.1, -0.05) is 0 Å². The van der Waals surface area contributed by atoms with E-state index >= 15 is 0 Å². The monoisotopic (exact) mass is 140 g/mol. The van der Waals surface area contributed by atoms with Crippen LogP contribution in [0.2, 0.25) is 0 Å². The van der Waals surface area contributed by atoms with E-state index < -0.39 is 0 Å². The quantitative estimate of drug-likeness (QED) is 0.553. The van der Waals surface area contributed by atoms with Gasteiger partial charge in [-0.05, 0) is 32.3 Å². The van der Waals surface area contributed by atoms with Crippen molar-refractivity contribution in [3.8, 4) is 0 Å². The van der Waals surface area contributed by atoms with Crippen LogP contribution in [0.3, 0.4) is 0 Å². The van der Waals surface area contributed by atoms with Crippen molar-refractivity contribution < 1.29 is 9.53 Å². The largest absolute Gasteiger partial charge is 0.490 e. The van der Waals surface area contributed by atoms with Gasteiger partial charge in [0.05, 0.1) is 6.26 Å². The van der Waals surface area contributed by atoms with E-state index in [9.17, 15) is 4.79 Å². The van der Waals surface area contributed by atoms with Crippen LogP contribution in [0.25, 0.3) is 0 Å². The number of hydrogen-bond acceptors (Lipinski definition) is 2. The molecule has 1 aliphatic rings. The van der Waals surface area contributed by atoms with Gasteiger partial charge in [0.15, 0.2) is 11.9 Å². The van der Waals surface area contributed by atoms with Crippen LogP contribution in [0.4, 0.5) is 0 Å². The maximum Gasteiger partial charge on any atom is 0.170 e. The fraction of sp³-hybridized carbons (Fsp3) is 0.625. The molecule has 1 atom stereocenters. The fourth-order valence-electron chi connectivity index (χ4n) is 0.983. The third-order valence-electron chi connectivity index (χ3n) is 1.69. The molecule has 1 unspecified atom stereocenters. The molecule has 0 aromatic heterocycles.